The summed E-state index contributed by atoms with van der Waals surface area (Å²) in [6.45, 7) is 2.27. The molecular formula is C10H14BrNO2. The van der Waals surface area contributed by atoms with Gasteiger partial charge in [-0.1, -0.05) is 15.9 Å². The Morgan fingerprint density at radius 2 is 2.14 bits per heavy atom. The first-order chi connectivity index (χ1) is 6.56. The molecule has 1 rings (SSSR count). The summed E-state index contributed by atoms with van der Waals surface area (Å²) in [6.07, 6.45) is -0.273. The molecule has 14 heavy (non-hydrogen) atoms. The average Bonchev–Trinajstić information content (AvgIpc) is 2.01. The van der Waals surface area contributed by atoms with Crippen LogP contribution in [-0.2, 0) is 0 Å². The summed E-state index contributed by atoms with van der Waals surface area (Å²) in [5.41, 5.74) is 6.80. The minimum atomic E-state index is -0.713. The van der Waals surface area contributed by atoms with E-state index in [9.17, 15) is 10.2 Å². The van der Waals surface area contributed by atoms with Crippen molar-refractivity contribution in [1.82, 2.24) is 0 Å². The van der Waals surface area contributed by atoms with Crippen LogP contribution in [0.2, 0.25) is 0 Å². The van der Waals surface area contributed by atoms with E-state index in [1.807, 2.05) is 13.0 Å². The first-order valence-electron chi connectivity index (χ1n) is 4.43. The van der Waals surface area contributed by atoms with Crippen LogP contribution < -0.4 is 5.73 Å². The van der Waals surface area contributed by atoms with Crippen LogP contribution in [0.15, 0.2) is 16.6 Å². The van der Waals surface area contributed by atoms with E-state index < -0.39 is 6.10 Å². The Labute approximate surface area is 91.7 Å². The fraction of sp³-hybridized carbons (Fsp3) is 0.400. The lowest BCUT2D eigenvalue weighted by Crippen LogP contribution is -2.07. The fourth-order valence-electron chi connectivity index (χ4n) is 1.37. The van der Waals surface area contributed by atoms with Crippen molar-refractivity contribution < 1.29 is 10.2 Å². The lowest BCUT2D eigenvalue weighted by molar-refractivity contribution is 0.166. The molecule has 0 fully saturated rings. The topological polar surface area (TPSA) is 66.5 Å². The first kappa shape index (κ1) is 11.5. The van der Waals surface area contributed by atoms with E-state index in [2.05, 4.69) is 15.9 Å². The molecule has 0 amide bonds. The molecular weight excluding hydrogens is 246 g/mol. The summed E-state index contributed by atoms with van der Waals surface area (Å²) in [5.74, 6) is 0.109. The highest BCUT2D eigenvalue weighted by Crippen LogP contribution is 2.34. The van der Waals surface area contributed by atoms with Gasteiger partial charge in [0.25, 0.3) is 0 Å². The number of phenolic OH excluding ortho intramolecular Hbond substituents is 1. The number of nitrogens with two attached hydrogens (primary N) is 1. The monoisotopic (exact) mass is 259 g/mol. The van der Waals surface area contributed by atoms with E-state index in [1.165, 1.54) is 0 Å². The van der Waals surface area contributed by atoms with Gasteiger partial charge in [-0.25, -0.2) is 0 Å². The summed E-state index contributed by atoms with van der Waals surface area (Å²) < 4.78 is 0.718. The summed E-state index contributed by atoms with van der Waals surface area (Å²) >= 11 is 3.31. The van der Waals surface area contributed by atoms with E-state index in [4.69, 9.17) is 5.73 Å². The Bertz CT molecular complexity index is 305. The predicted octanol–water partition coefficient (Wildman–Crippen LogP) is 1.85. The maximum atomic E-state index is 9.70. The molecule has 1 unspecified atom stereocenters. The molecule has 0 aliphatic rings. The van der Waals surface area contributed by atoms with E-state index >= 15 is 0 Å². The summed E-state index contributed by atoms with van der Waals surface area (Å²) in [4.78, 5) is 0. The Morgan fingerprint density at radius 3 is 2.64 bits per heavy atom. The molecule has 3 nitrogen and oxygen atoms in total. The summed E-state index contributed by atoms with van der Waals surface area (Å²) in [5, 5.41) is 19.3. The largest absolute Gasteiger partial charge is 0.508 e. The highest BCUT2D eigenvalue weighted by Gasteiger charge is 2.15. The molecule has 0 aliphatic carbocycles. The van der Waals surface area contributed by atoms with Gasteiger partial charge in [-0.2, -0.15) is 0 Å². The van der Waals surface area contributed by atoms with Gasteiger partial charge < -0.3 is 15.9 Å². The summed E-state index contributed by atoms with van der Waals surface area (Å²) in [7, 11) is 0. The molecule has 0 saturated heterocycles. The van der Waals surface area contributed by atoms with Gasteiger partial charge in [0.2, 0.25) is 0 Å². The third-order valence-corrected chi connectivity index (χ3v) is 2.68. The van der Waals surface area contributed by atoms with Crippen LogP contribution in [0, 0.1) is 6.92 Å². The Balaban J connectivity index is 3.07. The van der Waals surface area contributed by atoms with Crippen molar-refractivity contribution in [1.29, 1.82) is 0 Å². The fourth-order valence-corrected chi connectivity index (χ4v) is 2.20. The number of benzene rings is 1. The SMILES string of the molecule is Cc1cc(O)c(C(O)CCN)c(Br)c1. The number of aliphatic hydroxyl groups excluding tert-OH is 1. The second kappa shape index (κ2) is 4.77. The van der Waals surface area contributed by atoms with Gasteiger partial charge in [0.1, 0.15) is 5.75 Å². The molecule has 0 saturated carbocycles. The maximum absolute atomic E-state index is 9.70. The van der Waals surface area contributed by atoms with Crippen molar-refractivity contribution in [2.75, 3.05) is 6.54 Å². The second-order valence-corrected chi connectivity index (χ2v) is 4.13. The third kappa shape index (κ3) is 2.47. The molecule has 0 bridgehead atoms. The standard InChI is InChI=1S/C10H14BrNO2/c1-6-4-7(11)10(9(14)5-6)8(13)2-3-12/h4-5,8,13-14H,2-3,12H2,1H3. The minimum absolute atomic E-state index is 0.109. The van der Waals surface area contributed by atoms with Crippen molar-refractivity contribution in [3.63, 3.8) is 0 Å². The van der Waals surface area contributed by atoms with Crippen LogP contribution in [-0.4, -0.2) is 16.8 Å². The van der Waals surface area contributed by atoms with Crippen molar-refractivity contribution in [3.8, 4) is 5.75 Å². The quantitative estimate of drug-likeness (QED) is 0.776. The smallest absolute Gasteiger partial charge is 0.122 e. The van der Waals surface area contributed by atoms with E-state index in [0.29, 0.717) is 18.5 Å². The number of halogens is 1. The van der Waals surface area contributed by atoms with Gasteiger partial charge in [-0.05, 0) is 37.6 Å². The zero-order valence-corrected chi connectivity index (χ0v) is 9.58. The van der Waals surface area contributed by atoms with Crippen molar-refractivity contribution in [2.45, 2.75) is 19.4 Å². The molecule has 0 spiro atoms. The molecule has 0 heterocycles. The van der Waals surface area contributed by atoms with Gasteiger partial charge in [-0.3, -0.25) is 0 Å². The van der Waals surface area contributed by atoms with Crippen molar-refractivity contribution in [2.24, 2.45) is 5.73 Å². The van der Waals surface area contributed by atoms with Gasteiger partial charge in [0.05, 0.1) is 6.10 Å². The van der Waals surface area contributed by atoms with Crippen LogP contribution in [0.25, 0.3) is 0 Å². The number of aromatic hydroxyl groups is 1. The van der Waals surface area contributed by atoms with Gasteiger partial charge >= 0.3 is 0 Å². The second-order valence-electron chi connectivity index (χ2n) is 3.27. The van der Waals surface area contributed by atoms with E-state index in [1.54, 1.807) is 6.07 Å². The molecule has 0 aliphatic heterocycles. The molecule has 1 atom stereocenters. The lowest BCUT2D eigenvalue weighted by atomic mass is 10.0. The van der Waals surface area contributed by atoms with Gasteiger partial charge in [0, 0.05) is 10.0 Å². The first-order valence-corrected chi connectivity index (χ1v) is 5.22. The normalized spacial score (nSPS) is 12.9. The maximum Gasteiger partial charge on any atom is 0.122 e. The van der Waals surface area contributed by atoms with Crippen molar-refractivity contribution >= 4 is 15.9 Å². The van der Waals surface area contributed by atoms with Crippen LogP contribution in [0.4, 0.5) is 0 Å². The number of phenols is 1. The Kier molecular flexibility index (Phi) is 3.92. The predicted molar refractivity (Wildman–Crippen MR) is 59.2 cm³/mol. The Morgan fingerprint density at radius 1 is 1.50 bits per heavy atom. The lowest BCUT2D eigenvalue weighted by Gasteiger charge is -2.14. The van der Waals surface area contributed by atoms with Gasteiger partial charge in [-0.15, -0.1) is 0 Å². The van der Waals surface area contributed by atoms with Crippen LogP contribution in [0.3, 0.4) is 0 Å². The summed E-state index contributed by atoms with van der Waals surface area (Å²) in [6, 6.07) is 3.48. The number of aryl methyl sites for hydroxylation is 1. The highest BCUT2D eigenvalue weighted by molar-refractivity contribution is 9.10. The molecule has 4 N–H and O–H groups in total. The van der Waals surface area contributed by atoms with Crippen molar-refractivity contribution in [3.05, 3.63) is 27.7 Å². The zero-order valence-electron chi connectivity index (χ0n) is 8.00. The number of hydrogen-bond acceptors (Lipinski definition) is 3. The number of aliphatic hydroxyl groups is 1. The van der Waals surface area contributed by atoms with E-state index in [0.717, 1.165) is 10.0 Å². The van der Waals surface area contributed by atoms with E-state index in [-0.39, 0.29) is 5.75 Å². The zero-order chi connectivity index (χ0) is 10.7. The Hall–Kier alpha value is -0.580. The molecule has 1 aromatic rings. The highest BCUT2D eigenvalue weighted by atomic mass is 79.9. The molecule has 78 valence electrons. The molecule has 1 aromatic carbocycles. The van der Waals surface area contributed by atoms with Crippen LogP contribution >= 0.6 is 15.9 Å². The van der Waals surface area contributed by atoms with Crippen LogP contribution in [0.1, 0.15) is 23.7 Å². The molecule has 0 radical (unpaired) electrons. The van der Waals surface area contributed by atoms with Gasteiger partial charge in [0.15, 0.2) is 0 Å². The number of rotatable bonds is 3. The average molecular weight is 260 g/mol. The molecule has 4 heteroatoms. The molecule has 0 aromatic heterocycles. The van der Waals surface area contributed by atoms with Crippen LogP contribution in [0.5, 0.6) is 5.75 Å². The number of hydrogen-bond donors (Lipinski definition) is 3. The third-order valence-electron chi connectivity index (χ3n) is 2.03. The minimum Gasteiger partial charge on any atom is -0.508 e.